The summed E-state index contributed by atoms with van der Waals surface area (Å²) in [6.45, 7) is 1.32. The average Bonchev–Trinajstić information content (AvgIpc) is 2.28. The first-order chi connectivity index (χ1) is 7.17. The van der Waals surface area contributed by atoms with Crippen LogP contribution in [0.1, 0.15) is 18.4 Å². The maximum Gasteiger partial charge on any atom is 0.122 e. The van der Waals surface area contributed by atoms with Crippen molar-refractivity contribution in [3.63, 3.8) is 0 Å². The second kappa shape index (κ2) is 5.51. The molecule has 0 heterocycles. The highest BCUT2D eigenvalue weighted by atomic mass is 19.1. The maximum absolute atomic E-state index is 12.8. The van der Waals surface area contributed by atoms with E-state index in [9.17, 15) is 4.39 Å². The molecule has 0 aliphatic rings. The molecule has 0 bridgehead atoms. The van der Waals surface area contributed by atoms with Gasteiger partial charge < -0.3 is 9.84 Å². The standard InChI is InChI=1S/C12H15FO2/c1-9(6-11(13)8-14)10-4-3-5-12(7-10)15-2/h3-7,9,14H,8H2,1-2H3/b11-6+. The summed E-state index contributed by atoms with van der Waals surface area (Å²) in [7, 11) is 1.59. The molecule has 0 aliphatic heterocycles. The SMILES string of the molecule is COc1cccc(C(C)/C=C(/F)CO)c1. The normalized spacial score (nSPS) is 13.7. The van der Waals surface area contributed by atoms with Gasteiger partial charge in [-0.2, -0.15) is 0 Å². The first-order valence-electron chi connectivity index (χ1n) is 4.78. The van der Waals surface area contributed by atoms with Crippen molar-refractivity contribution < 1.29 is 14.2 Å². The van der Waals surface area contributed by atoms with Gasteiger partial charge in [0.05, 0.1) is 13.7 Å². The number of hydrogen-bond acceptors (Lipinski definition) is 2. The predicted octanol–water partition coefficient (Wildman–Crippen LogP) is 2.64. The highest BCUT2D eigenvalue weighted by Gasteiger charge is 2.05. The van der Waals surface area contributed by atoms with E-state index in [1.807, 2.05) is 31.2 Å². The lowest BCUT2D eigenvalue weighted by atomic mass is 10.0. The van der Waals surface area contributed by atoms with Crippen LogP contribution in [0, 0.1) is 0 Å². The minimum absolute atomic E-state index is 0.0766. The molecule has 0 radical (unpaired) electrons. The molecule has 82 valence electrons. The molecule has 0 aromatic heterocycles. The van der Waals surface area contributed by atoms with Gasteiger partial charge in [0.15, 0.2) is 0 Å². The number of rotatable bonds is 4. The molecule has 0 aliphatic carbocycles. The Labute approximate surface area is 89.0 Å². The van der Waals surface area contributed by atoms with Crippen LogP contribution in [-0.4, -0.2) is 18.8 Å². The van der Waals surface area contributed by atoms with E-state index in [2.05, 4.69) is 0 Å². The van der Waals surface area contributed by atoms with E-state index in [1.165, 1.54) is 6.08 Å². The summed E-state index contributed by atoms with van der Waals surface area (Å²) in [6, 6.07) is 7.44. The number of methoxy groups -OCH3 is 1. The van der Waals surface area contributed by atoms with Crippen LogP contribution in [0.5, 0.6) is 5.75 Å². The Hall–Kier alpha value is -1.35. The number of halogens is 1. The Morgan fingerprint density at radius 1 is 1.60 bits per heavy atom. The van der Waals surface area contributed by atoms with E-state index in [1.54, 1.807) is 7.11 Å². The van der Waals surface area contributed by atoms with Crippen LogP contribution in [-0.2, 0) is 0 Å². The summed E-state index contributed by atoms with van der Waals surface area (Å²) in [4.78, 5) is 0. The quantitative estimate of drug-likeness (QED) is 0.827. The number of aliphatic hydroxyl groups is 1. The molecule has 0 amide bonds. The molecule has 1 unspecified atom stereocenters. The first-order valence-corrected chi connectivity index (χ1v) is 4.78. The average molecular weight is 210 g/mol. The summed E-state index contributed by atoms with van der Waals surface area (Å²) in [5, 5.41) is 8.56. The number of allylic oxidation sites excluding steroid dienone is 1. The summed E-state index contributed by atoms with van der Waals surface area (Å²) in [5.74, 6) is 0.162. The molecule has 0 saturated carbocycles. The van der Waals surface area contributed by atoms with Gasteiger partial charge in [0.25, 0.3) is 0 Å². The molecule has 0 spiro atoms. The fourth-order valence-corrected chi connectivity index (χ4v) is 1.34. The minimum Gasteiger partial charge on any atom is -0.497 e. The maximum atomic E-state index is 12.8. The summed E-state index contributed by atoms with van der Waals surface area (Å²) < 4.78 is 17.9. The molecule has 0 fully saturated rings. The largest absolute Gasteiger partial charge is 0.497 e. The van der Waals surface area contributed by atoms with Crippen molar-refractivity contribution in [2.24, 2.45) is 0 Å². The van der Waals surface area contributed by atoms with Crippen molar-refractivity contribution in [1.82, 2.24) is 0 Å². The van der Waals surface area contributed by atoms with Crippen LogP contribution in [0.4, 0.5) is 4.39 Å². The van der Waals surface area contributed by atoms with Gasteiger partial charge in [-0.1, -0.05) is 19.1 Å². The number of aliphatic hydroxyl groups excluding tert-OH is 1. The van der Waals surface area contributed by atoms with Gasteiger partial charge in [-0.25, -0.2) is 4.39 Å². The number of hydrogen-bond donors (Lipinski definition) is 1. The third-order valence-electron chi connectivity index (χ3n) is 2.20. The third-order valence-corrected chi connectivity index (χ3v) is 2.20. The van der Waals surface area contributed by atoms with Crippen molar-refractivity contribution in [3.8, 4) is 5.75 Å². The van der Waals surface area contributed by atoms with Crippen LogP contribution in [0.2, 0.25) is 0 Å². The zero-order valence-electron chi connectivity index (χ0n) is 8.90. The Morgan fingerprint density at radius 2 is 2.33 bits per heavy atom. The highest BCUT2D eigenvalue weighted by Crippen LogP contribution is 2.22. The second-order valence-electron chi connectivity index (χ2n) is 3.34. The Balaban J connectivity index is 2.86. The van der Waals surface area contributed by atoms with Gasteiger partial charge in [-0.15, -0.1) is 0 Å². The smallest absolute Gasteiger partial charge is 0.122 e. The second-order valence-corrected chi connectivity index (χ2v) is 3.34. The van der Waals surface area contributed by atoms with E-state index in [0.717, 1.165) is 11.3 Å². The lowest BCUT2D eigenvalue weighted by Crippen LogP contribution is -1.93. The van der Waals surface area contributed by atoms with Crippen molar-refractivity contribution in [1.29, 1.82) is 0 Å². The van der Waals surface area contributed by atoms with Crippen LogP contribution in [0.15, 0.2) is 36.2 Å². The predicted molar refractivity (Wildman–Crippen MR) is 57.7 cm³/mol. The van der Waals surface area contributed by atoms with Gasteiger partial charge >= 0.3 is 0 Å². The van der Waals surface area contributed by atoms with Crippen LogP contribution >= 0.6 is 0 Å². The lowest BCUT2D eigenvalue weighted by Gasteiger charge is -2.08. The highest BCUT2D eigenvalue weighted by molar-refractivity contribution is 5.32. The van der Waals surface area contributed by atoms with Crippen molar-refractivity contribution in [2.75, 3.05) is 13.7 Å². The minimum atomic E-state index is -0.547. The van der Waals surface area contributed by atoms with E-state index in [0.29, 0.717) is 0 Å². The van der Waals surface area contributed by atoms with Gasteiger partial charge in [-0.3, -0.25) is 0 Å². The summed E-state index contributed by atoms with van der Waals surface area (Å²) >= 11 is 0. The molecule has 3 heteroatoms. The van der Waals surface area contributed by atoms with Crippen LogP contribution in [0.25, 0.3) is 0 Å². The molecule has 1 N–H and O–H groups in total. The molecule has 1 rings (SSSR count). The molecule has 1 atom stereocenters. The van der Waals surface area contributed by atoms with Gasteiger partial charge in [0.2, 0.25) is 0 Å². The van der Waals surface area contributed by atoms with E-state index >= 15 is 0 Å². The molecular weight excluding hydrogens is 195 g/mol. The van der Waals surface area contributed by atoms with E-state index in [4.69, 9.17) is 9.84 Å². The lowest BCUT2D eigenvalue weighted by molar-refractivity contribution is 0.297. The zero-order chi connectivity index (χ0) is 11.3. The topological polar surface area (TPSA) is 29.5 Å². The molecule has 0 saturated heterocycles. The van der Waals surface area contributed by atoms with E-state index < -0.39 is 12.4 Å². The fraction of sp³-hybridized carbons (Fsp3) is 0.333. The van der Waals surface area contributed by atoms with Crippen molar-refractivity contribution in [2.45, 2.75) is 12.8 Å². The van der Waals surface area contributed by atoms with Crippen LogP contribution < -0.4 is 4.74 Å². The zero-order valence-corrected chi connectivity index (χ0v) is 8.90. The van der Waals surface area contributed by atoms with Crippen molar-refractivity contribution in [3.05, 3.63) is 41.7 Å². The Morgan fingerprint density at radius 3 is 2.93 bits per heavy atom. The Bertz CT molecular complexity index is 347. The molecule has 1 aromatic rings. The third kappa shape index (κ3) is 3.36. The molecular formula is C12H15FO2. The van der Waals surface area contributed by atoms with Crippen molar-refractivity contribution >= 4 is 0 Å². The fourth-order valence-electron chi connectivity index (χ4n) is 1.34. The molecule has 15 heavy (non-hydrogen) atoms. The van der Waals surface area contributed by atoms with Gasteiger partial charge in [-0.05, 0) is 23.8 Å². The molecule has 2 nitrogen and oxygen atoms in total. The summed E-state index contributed by atoms with van der Waals surface area (Å²) in [5.41, 5.74) is 0.956. The first kappa shape index (κ1) is 11.7. The monoisotopic (exact) mass is 210 g/mol. The van der Waals surface area contributed by atoms with Gasteiger partial charge in [0.1, 0.15) is 11.6 Å². The summed E-state index contributed by atoms with van der Waals surface area (Å²) in [6.07, 6.45) is 1.40. The van der Waals surface area contributed by atoms with Crippen LogP contribution in [0.3, 0.4) is 0 Å². The molecule has 1 aromatic carbocycles. The Kier molecular flexibility index (Phi) is 4.31. The number of ether oxygens (including phenoxy) is 1. The number of benzene rings is 1. The van der Waals surface area contributed by atoms with E-state index in [-0.39, 0.29) is 5.92 Å². The van der Waals surface area contributed by atoms with Gasteiger partial charge in [0, 0.05) is 5.92 Å².